The Morgan fingerprint density at radius 2 is 2.33 bits per heavy atom. The molecule has 2 heterocycles. The summed E-state index contributed by atoms with van der Waals surface area (Å²) in [6.07, 6.45) is 3.41. The van der Waals surface area contributed by atoms with Crippen LogP contribution in [-0.2, 0) is 13.6 Å². The third-order valence-corrected chi connectivity index (χ3v) is 1.89. The quantitative estimate of drug-likeness (QED) is 0.812. The molecule has 2 N–H and O–H groups in total. The van der Waals surface area contributed by atoms with E-state index < -0.39 is 0 Å². The number of rotatable bonds is 3. The van der Waals surface area contributed by atoms with Gasteiger partial charge in [0.05, 0.1) is 18.1 Å². The van der Waals surface area contributed by atoms with Gasteiger partial charge in [0.1, 0.15) is 0 Å². The van der Waals surface area contributed by atoms with E-state index in [0.29, 0.717) is 18.2 Å². The molecule has 78 valence electrons. The van der Waals surface area contributed by atoms with Crippen LogP contribution in [0.2, 0.25) is 0 Å². The molecule has 2 aromatic heterocycles. The van der Waals surface area contributed by atoms with Gasteiger partial charge in [0, 0.05) is 19.7 Å². The first-order valence-electron chi connectivity index (χ1n) is 4.60. The molecule has 0 aliphatic heterocycles. The van der Waals surface area contributed by atoms with E-state index in [4.69, 9.17) is 10.5 Å². The number of aromatic nitrogens is 3. The highest BCUT2D eigenvalue weighted by atomic mass is 16.5. The van der Waals surface area contributed by atoms with Crippen molar-refractivity contribution in [2.24, 2.45) is 12.8 Å². The van der Waals surface area contributed by atoms with Gasteiger partial charge >= 0.3 is 0 Å². The molecule has 0 unspecified atom stereocenters. The molecular weight excluding hydrogens is 192 g/mol. The number of nitrogens with two attached hydrogens (primary N) is 1. The maximum absolute atomic E-state index is 5.49. The molecular formula is C10H12N4O. The molecule has 0 aliphatic carbocycles. The summed E-state index contributed by atoms with van der Waals surface area (Å²) in [5, 5.41) is 3.99. The van der Waals surface area contributed by atoms with Gasteiger partial charge in [0.25, 0.3) is 0 Å². The molecule has 5 heteroatoms. The maximum atomic E-state index is 5.49. The summed E-state index contributed by atoms with van der Waals surface area (Å²) in [5.41, 5.74) is 6.28. The van der Waals surface area contributed by atoms with Crippen molar-refractivity contribution >= 4 is 0 Å². The van der Waals surface area contributed by atoms with Crippen molar-refractivity contribution in [1.82, 2.24) is 14.8 Å². The first-order valence-corrected chi connectivity index (χ1v) is 4.60. The number of pyridine rings is 1. The third-order valence-electron chi connectivity index (χ3n) is 1.89. The van der Waals surface area contributed by atoms with E-state index in [-0.39, 0.29) is 0 Å². The molecule has 0 aromatic carbocycles. The second kappa shape index (κ2) is 4.10. The van der Waals surface area contributed by atoms with E-state index in [1.807, 2.05) is 19.2 Å². The molecule has 0 amide bonds. The Morgan fingerprint density at radius 1 is 1.47 bits per heavy atom. The maximum Gasteiger partial charge on any atom is 0.219 e. The van der Waals surface area contributed by atoms with Crippen LogP contribution in [0.1, 0.15) is 5.69 Å². The molecule has 2 aromatic rings. The van der Waals surface area contributed by atoms with Crippen molar-refractivity contribution in [3.8, 4) is 11.6 Å². The van der Waals surface area contributed by atoms with Gasteiger partial charge in [-0.3, -0.25) is 4.68 Å². The summed E-state index contributed by atoms with van der Waals surface area (Å²) in [5.74, 6) is 1.20. The van der Waals surface area contributed by atoms with Crippen LogP contribution >= 0.6 is 0 Å². The van der Waals surface area contributed by atoms with E-state index in [1.165, 1.54) is 0 Å². The largest absolute Gasteiger partial charge is 0.436 e. The van der Waals surface area contributed by atoms with Crippen molar-refractivity contribution in [1.29, 1.82) is 0 Å². The fourth-order valence-corrected chi connectivity index (χ4v) is 1.20. The van der Waals surface area contributed by atoms with Gasteiger partial charge in [-0.15, -0.1) is 0 Å². The molecule has 5 nitrogen and oxygen atoms in total. The van der Waals surface area contributed by atoms with Crippen LogP contribution in [-0.4, -0.2) is 14.8 Å². The minimum Gasteiger partial charge on any atom is -0.436 e. The molecule has 0 saturated heterocycles. The molecule has 0 saturated carbocycles. The van der Waals surface area contributed by atoms with Gasteiger partial charge in [-0.25, -0.2) is 4.98 Å². The predicted octanol–water partition coefficient (Wildman–Crippen LogP) is 1.07. The van der Waals surface area contributed by atoms with Crippen molar-refractivity contribution < 1.29 is 4.74 Å². The second-order valence-electron chi connectivity index (χ2n) is 3.12. The lowest BCUT2D eigenvalue weighted by atomic mass is 10.3. The van der Waals surface area contributed by atoms with Crippen molar-refractivity contribution in [2.45, 2.75) is 6.54 Å². The van der Waals surface area contributed by atoms with E-state index >= 15 is 0 Å². The van der Waals surface area contributed by atoms with E-state index in [1.54, 1.807) is 23.1 Å². The lowest BCUT2D eigenvalue weighted by Crippen LogP contribution is -1.99. The first-order chi connectivity index (χ1) is 7.28. The van der Waals surface area contributed by atoms with Gasteiger partial charge in [0.2, 0.25) is 5.88 Å². The Hall–Kier alpha value is -1.88. The Kier molecular flexibility index (Phi) is 2.64. The number of aryl methyl sites for hydroxylation is 1. The van der Waals surface area contributed by atoms with Crippen molar-refractivity contribution in [2.75, 3.05) is 0 Å². The molecule has 0 atom stereocenters. The van der Waals surface area contributed by atoms with Crippen LogP contribution in [0, 0.1) is 0 Å². The Morgan fingerprint density at radius 3 is 3.00 bits per heavy atom. The Bertz CT molecular complexity index is 452. The van der Waals surface area contributed by atoms with Gasteiger partial charge in [0.15, 0.2) is 5.75 Å². The fraction of sp³-hybridized carbons (Fsp3) is 0.200. The van der Waals surface area contributed by atoms with Gasteiger partial charge < -0.3 is 10.5 Å². The smallest absolute Gasteiger partial charge is 0.219 e. The number of nitrogens with zero attached hydrogens (tertiary/aromatic N) is 3. The molecule has 0 aliphatic rings. The van der Waals surface area contributed by atoms with E-state index in [2.05, 4.69) is 10.1 Å². The zero-order chi connectivity index (χ0) is 10.7. The van der Waals surface area contributed by atoms with Gasteiger partial charge in [-0.2, -0.15) is 5.10 Å². The zero-order valence-electron chi connectivity index (χ0n) is 8.42. The highest BCUT2D eigenvalue weighted by Crippen LogP contribution is 2.17. The minimum absolute atomic E-state index is 0.407. The van der Waals surface area contributed by atoms with Gasteiger partial charge in [-0.1, -0.05) is 6.07 Å². The standard InChI is InChI=1S/C10H12N4O/c1-14-7-9(6-12-14)15-10-4-2-3-8(5-11)13-10/h2-4,6-7H,5,11H2,1H3. The fourth-order valence-electron chi connectivity index (χ4n) is 1.20. The van der Waals surface area contributed by atoms with Crippen LogP contribution in [0.25, 0.3) is 0 Å². The lowest BCUT2D eigenvalue weighted by molar-refractivity contribution is 0.460. The summed E-state index contributed by atoms with van der Waals surface area (Å²) in [6.45, 7) is 0.407. The summed E-state index contributed by atoms with van der Waals surface area (Å²) in [6, 6.07) is 5.50. The molecule has 0 spiro atoms. The molecule has 0 bridgehead atoms. The molecule has 0 radical (unpaired) electrons. The number of ether oxygens (including phenoxy) is 1. The zero-order valence-corrected chi connectivity index (χ0v) is 8.42. The second-order valence-corrected chi connectivity index (χ2v) is 3.12. The Labute approximate surface area is 87.5 Å². The summed E-state index contributed by atoms with van der Waals surface area (Å²) >= 11 is 0. The van der Waals surface area contributed by atoms with Crippen molar-refractivity contribution in [3.05, 3.63) is 36.3 Å². The highest BCUT2D eigenvalue weighted by Gasteiger charge is 2.01. The monoisotopic (exact) mass is 204 g/mol. The summed E-state index contributed by atoms with van der Waals surface area (Å²) in [7, 11) is 1.83. The summed E-state index contributed by atoms with van der Waals surface area (Å²) in [4.78, 5) is 4.21. The topological polar surface area (TPSA) is 66.0 Å². The lowest BCUT2D eigenvalue weighted by Gasteiger charge is -2.02. The van der Waals surface area contributed by atoms with Crippen LogP contribution < -0.4 is 10.5 Å². The molecule has 2 rings (SSSR count). The summed E-state index contributed by atoms with van der Waals surface area (Å²) < 4.78 is 7.16. The van der Waals surface area contributed by atoms with Gasteiger partial charge in [-0.05, 0) is 6.07 Å². The third kappa shape index (κ3) is 2.32. The van der Waals surface area contributed by atoms with Crippen LogP contribution in [0.5, 0.6) is 11.6 Å². The van der Waals surface area contributed by atoms with E-state index in [9.17, 15) is 0 Å². The van der Waals surface area contributed by atoms with Crippen LogP contribution in [0.3, 0.4) is 0 Å². The average molecular weight is 204 g/mol. The normalized spacial score (nSPS) is 10.3. The van der Waals surface area contributed by atoms with Crippen LogP contribution in [0.4, 0.5) is 0 Å². The molecule has 0 fully saturated rings. The highest BCUT2D eigenvalue weighted by molar-refractivity contribution is 5.23. The Balaban J connectivity index is 2.16. The van der Waals surface area contributed by atoms with Crippen LogP contribution in [0.15, 0.2) is 30.6 Å². The SMILES string of the molecule is Cn1cc(Oc2cccc(CN)n2)cn1. The number of hydrogen-bond donors (Lipinski definition) is 1. The van der Waals surface area contributed by atoms with E-state index in [0.717, 1.165) is 5.69 Å². The first kappa shape index (κ1) is 9.67. The number of hydrogen-bond acceptors (Lipinski definition) is 4. The van der Waals surface area contributed by atoms with Crippen molar-refractivity contribution in [3.63, 3.8) is 0 Å². The minimum atomic E-state index is 0.407. The average Bonchev–Trinajstić information content (AvgIpc) is 2.64. The predicted molar refractivity (Wildman–Crippen MR) is 55.4 cm³/mol. The molecule has 15 heavy (non-hydrogen) atoms.